The van der Waals surface area contributed by atoms with Crippen molar-refractivity contribution in [1.29, 1.82) is 0 Å². The zero-order valence-corrected chi connectivity index (χ0v) is 20.9. The minimum absolute atomic E-state index is 0.217. The van der Waals surface area contributed by atoms with Gasteiger partial charge in [0, 0.05) is 63.0 Å². The summed E-state index contributed by atoms with van der Waals surface area (Å²) in [5.74, 6) is 0.336. The number of aromatic nitrogens is 4. The summed E-state index contributed by atoms with van der Waals surface area (Å²) < 4.78 is 41.0. The minimum atomic E-state index is -3.75. The van der Waals surface area contributed by atoms with Crippen molar-refractivity contribution >= 4 is 22.4 Å². The van der Waals surface area contributed by atoms with Crippen molar-refractivity contribution in [2.75, 3.05) is 36.8 Å². The molecule has 0 bridgehead atoms. The van der Waals surface area contributed by atoms with Gasteiger partial charge in [-0.3, -0.25) is 10.0 Å². The van der Waals surface area contributed by atoms with Crippen molar-refractivity contribution < 1.29 is 22.8 Å². The maximum absolute atomic E-state index is 13.5. The van der Waals surface area contributed by atoms with Crippen molar-refractivity contribution in [1.82, 2.24) is 29.3 Å². The third-order valence-corrected chi connectivity index (χ3v) is 8.11. The summed E-state index contributed by atoms with van der Waals surface area (Å²) in [6, 6.07) is 6.98. The van der Waals surface area contributed by atoms with E-state index >= 15 is 0 Å². The summed E-state index contributed by atoms with van der Waals surface area (Å²) >= 11 is 0. The fourth-order valence-corrected chi connectivity index (χ4v) is 5.89. The van der Waals surface area contributed by atoms with Gasteiger partial charge in [-0.15, -0.1) is 0 Å². The van der Waals surface area contributed by atoms with Gasteiger partial charge in [0.15, 0.2) is 0 Å². The summed E-state index contributed by atoms with van der Waals surface area (Å²) in [6.07, 6.45) is 7.98. The van der Waals surface area contributed by atoms with Crippen LogP contribution in [0.15, 0.2) is 55.1 Å². The number of nitrogens with zero attached hydrogens (tertiary/aromatic N) is 7. The van der Waals surface area contributed by atoms with Crippen LogP contribution in [0.4, 0.5) is 10.3 Å². The lowest BCUT2D eigenvalue weighted by Crippen LogP contribution is -2.51. The Morgan fingerprint density at radius 1 is 1.03 bits per heavy atom. The number of hydroxylamine groups is 2. The van der Waals surface area contributed by atoms with Crippen molar-refractivity contribution in [3.8, 4) is 11.1 Å². The van der Waals surface area contributed by atoms with Gasteiger partial charge in [-0.05, 0) is 36.6 Å². The molecule has 1 amide bonds. The third-order valence-electron chi connectivity index (χ3n) is 6.15. The summed E-state index contributed by atoms with van der Waals surface area (Å²) in [7, 11) is -3.75. The third kappa shape index (κ3) is 7.02. The molecular weight excluding hydrogens is 501 g/mol. The van der Waals surface area contributed by atoms with Crippen LogP contribution in [0.1, 0.15) is 18.7 Å². The summed E-state index contributed by atoms with van der Waals surface area (Å²) in [4.78, 5) is 30.1. The number of aryl methyl sites for hydroxylation is 1. The minimum Gasteiger partial charge on any atom is -0.338 e. The van der Waals surface area contributed by atoms with E-state index in [0.717, 1.165) is 0 Å². The fourth-order valence-electron chi connectivity index (χ4n) is 4.15. The lowest BCUT2D eigenvalue weighted by Gasteiger charge is -2.35. The molecule has 0 saturated carbocycles. The van der Waals surface area contributed by atoms with Crippen LogP contribution in [-0.4, -0.2) is 87.3 Å². The lowest BCUT2D eigenvalue weighted by atomic mass is 10.1. The quantitative estimate of drug-likeness (QED) is 0.224. The first-order valence-corrected chi connectivity index (χ1v) is 13.5. The molecule has 11 nitrogen and oxygen atoms in total. The first-order chi connectivity index (χ1) is 17.9. The normalized spacial score (nSPS) is 15.4. The Kier molecular flexibility index (Phi) is 8.69. The van der Waals surface area contributed by atoms with Crippen molar-refractivity contribution in [3.63, 3.8) is 0 Å². The molecule has 13 heteroatoms. The topological polar surface area (TPSA) is 133 Å². The second kappa shape index (κ2) is 12.1. The average molecular weight is 530 g/mol. The molecule has 0 aliphatic carbocycles. The van der Waals surface area contributed by atoms with Gasteiger partial charge in [0.25, 0.3) is 0 Å². The van der Waals surface area contributed by atoms with Gasteiger partial charge in [-0.2, -0.15) is 4.31 Å². The standard InChI is InChI=1S/C24H28FN7O4S/c25-21-5-1-4-19(14-21)20-15-28-24(29-16-20)30-10-12-31(13-11-30)37(35,36)17-22(32(34)18-33)6-2-7-23-26-8-3-9-27-23/h1,3-5,8-9,14-16,18,22,34H,2,6-7,10-13,17H2. The first kappa shape index (κ1) is 26.5. The molecular formula is C24H28FN7O4S. The van der Waals surface area contributed by atoms with Crippen molar-refractivity contribution in [3.05, 3.63) is 66.8 Å². The van der Waals surface area contributed by atoms with Gasteiger partial charge in [-0.1, -0.05) is 12.1 Å². The average Bonchev–Trinajstić information content (AvgIpc) is 2.93. The summed E-state index contributed by atoms with van der Waals surface area (Å²) in [5, 5.41) is 10.4. The van der Waals surface area contributed by atoms with E-state index in [1.54, 1.807) is 43.0 Å². The van der Waals surface area contributed by atoms with Crippen LogP contribution in [0.2, 0.25) is 0 Å². The number of anilines is 1. The van der Waals surface area contributed by atoms with E-state index in [-0.39, 0.29) is 31.7 Å². The van der Waals surface area contributed by atoms with Crippen molar-refractivity contribution in [2.24, 2.45) is 0 Å². The molecule has 0 radical (unpaired) electrons. The highest BCUT2D eigenvalue weighted by molar-refractivity contribution is 7.89. The van der Waals surface area contributed by atoms with E-state index in [4.69, 9.17) is 0 Å². The van der Waals surface area contributed by atoms with Gasteiger partial charge in [0.2, 0.25) is 22.4 Å². The number of carbonyl (C=O) groups excluding carboxylic acids is 1. The van der Waals surface area contributed by atoms with Crippen LogP contribution < -0.4 is 4.90 Å². The van der Waals surface area contributed by atoms with E-state index < -0.39 is 21.8 Å². The number of rotatable bonds is 11. The molecule has 1 atom stereocenters. The molecule has 37 heavy (non-hydrogen) atoms. The number of amides is 1. The summed E-state index contributed by atoms with van der Waals surface area (Å²) in [5.41, 5.74) is 1.35. The van der Waals surface area contributed by atoms with Crippen molar-refractivity contribution in [2.45, 2.75) is 25.3 Å². The number of hydrogen-bond acceptors (Lipinski definition) is 9. The van der Waals surface area contributed by atoms with Gasteiger partial charge in [-0.25, -0.2) is 37.8 Å². The zero-order chi connectivity index (χ0) is 26.3. The first-order valence-electron chi connectivity index (χ1n) is 11.8. The van der Waals surface area contributed by atoms with Gasteiger partial charge < -0.3 is 4.90 Å². The number of hydrogen-bond donors (Lipinski definition) is 1. The Bertz CT molecular complexity index is 1270. The maximum Gasteiger partial charge on any atom is 0.233 e. The fraction of sp³-hybridized carbons (Fsp3) is 0.375. The molecule has 3 aromatic rings. The van der Waals surface area contributed by atoms with Gasteiger partial charge in [0.1, 0.15) is 11.6 Å². The van der Waals surface area contributed by atoms with Gasteiger partial charge >= 0.3 is 0 Å². The molecule has 3 heterocycles. The molecule has 4 rings (SSSR count). The van der Waals surface area contributed by atoms with Crippen LogP contribution in [0.25, 0.3) is 11.1 Å². The smallest absolute Gasteiger partial charge is 0.233 e. The molecule has 1 unspecified atom stereocenters. The number of carbonyl (C=O) groups is 1. The van der Waals surface area contributed by atoms with E-state index in [0.29, 0.717) is 53.9 Å². The van der Waals surface area contributed by atoms with Crippen LogP contribution in [-0.2, 0) is 21.2 Å². The summed E-state index contributed by atoms with van der Waals surface area (Å²) in [6.45, 7) is 1.19. The SMILES string of the molecule is O=CN(O)C(CCCc1ncccn1)CS(=O)(=O)N1CCN(c2ncc(-c3cccc(F)c3)cn2)CC1. The Hall–Kier alpha value is -3.55. The maximum atomic E-state index is 13.5. The van der Waals surface area contributed by atoms with Crippen LogP contribution >= 0.6 is 0 Å². The monoisotopic (exact) mass is 529 g/mol. The van der Waals surface area contributed by atoms with Crippen LogP contribution in [0, 0.1) is 5.82 Å². The molecule has 1 aromatic carbocycles. The molecule has 1 saturated heterocycles. The zero-order valence-electron chi connectivity index (χ0n) is 20.1. The Morgan fingerprint density at radius 2 is 1.73 bits per heavy atom. The second-order valence-corrected chi connectivity index (χ2v) is 10.7. The molecule has 1 aliphatic heterocycles. The van der Waals surface area contributed by atoms with E-state index in [1.165, 1.54) is 16.4 Å². The largest absolute Gasteiger partial charge is 0.338 e. The predicted octanol–water partition coefficient (Wildman–Crippen LogP) is 1.76. The van der Waals surface area contributed by atoms with Crippen LogP contribution in [0.3, 0.4) is 0 Å². The van der Waals surface area contributed by atoms with Gasteiger partial charge in [0.05, 0.1) is 11.8 Å². The van der Waals surface area contributed by atoms with E-state index in [9.17, 15) is 22.8 Å². The van der Waals surface area contributed by atoms with E-state index in [2.05, 4.69) is 19.9 Å². The van der Waals surface area contributed by atoms with E-state index in [1.807, 2.05) is 4.90 Å². The molecule has 196 valence electrons. The molecule has 0 spiro atoms. The molecule has 1 aliphatic rings. The highest BCUT2D eigenvalue weighted by atomic mass is 32.2. The Labute approximate surface area is 214 Å². The Balaban J connectivity index is 1.32. The van der Waals surface area contributed by atoms with Crippen LogP contribution in [0.5, 0.6) is 0 Å². The number of piperazine rings is 1. The molecule has 1 N–H and O–H groups in total. The second-order valence-electron chi connectivity index (χ2n) is 8.64. The lowest BCUT2D eigenvalue weighted by molar-refractivity contribution is -0.158. The highest BCUT2D eigenvalue weighted by Crippen LogP contribution is 2.21. The Morgan fingerprint density at radius 3 is 2.38 bits per heavy atom. The molecule has 1 fully saturated rings. The predicted molar refractivity (Wildman–Crippen MR) is 133 cm³/mol. The number of halogens is 1. The highest BCUT2D eigenvalue weighted by Gasteiger charge is 2.32. The number of benzene rings is 1. The molecule has 2 aromatic heterocycles. The number of sulfonamides is 1.